The normalized spacial score (nSPS) is 12.3. The SMILES string of the molecule is CSCC[C@@H](CO)NC(=O)Cn1c(=O)[nH]c2ccccc2c1=O. The lowest BCUT2D eigenvalue weighted by molar-refractivity contribution is -0.122. The number of aliphatic hydroxyl groups excluding tert-OH is 1. The first-order valence-corrected chi connectivity index (χ1v) is 8.57. The van der Waals surface area contributed by atoms with Crippen LogP contribution in [0, 0.1) is 0 Å². The number of carbonyl (C=O) groups is 1. The highest BCUT2D eigenvalue weighted by Gasteiger charge is 2.14. The van der Waals surface area contributed by atoms with Gasteiger partial charge in [-0.25, -0.2) is 4.79 Å². The maximum atomic E-state index is 12.3. The Morgan fingerprint density at radius 2 is 2.13 bits per heavy atom. The van der Waals surface area contributed by atoms with E-state index in [2.05, 4.69) is 10.3 Å². The van der Waals surface area contributed by atoms with Crippen molar-refractivity contribution >= 4 is 28.6 Å². The minimum atomic E-state index is -0.631. The summed E-state index contributed by atoms with van der Waals surface area (Å²) in [6.07, 6.45) is 2.55. The number of thioether (sulfide) groups is 1. The molecular weight excluding hydrogens is 318 g/mol. The maximum absolute atomic E-state index is 12.3. The van der Waals surface area contributed by atoms with E-state index in [-0.39, 0.29) is 19.2 Å². The van der Waals surface area contributed by atoms with Crippen molar-refractivity contribution in [1.29, 1.82) is 0 Å². The van der Waals surface area contributed by atoms with E-state index in [0.717, 1.165) is 10.3 Å². The van der Waals surface area contributed by atoms with Gasteiger partial charge in [-0.05, 0) is 30.6 Å². The number of benzene rings is 1. The Balaban J connectivity index is 2.19. The summed E-state index contributed by atoms with van der Waals surface area (Å²) < 4.78 is 0.862. The second-order valence-electron chi connectivity index (χ2n) is 5.10. The van der Waals surface area contributed by atoms with Gasteiger partial charge in [0.15, 0.2) is 0 Å². The number of amides is 1. The van der Waals surface area contributed by atoms with Gasteiger partial charge in [-0.3, -0.25) is 14.2 Å². The first-order valence-electron chi connectivity index (χ1n) is 7.18. The molecule has 124 valence electrons. The lowest BCUT2D eigenvalue weighted by Crippen LogP contribution is -2.44. The van der Waals surface area contributed by atoms with E-state index in [1.807, 2.05) is 6.26 Å². The van der Waals surface area contributed by atoms with Gasteiger partial charge in [-0.15, -0.1) is 0 Å². The lowest BCUT2D eigenvalue weighted by atomic mass is 10.2. The van der Waals surface area contributed by atoms with Gasteiger partial charge in [0, 0.05) is 0 Å². The van der Waals surface area contributed by atoms with Crippen LogP contribution in [0.4, 0.5) is 0 Å². The first kappa shape index (κ1) is 17.3. The van der Waals surface area contributed by atoms with Crippen molar-refractivity contribution in [1.82, 2.24) is 14.9 Å². The van der Waals surface area contributed by atoms with Gasteiger partial charge in [0.1, 0.15) is 6.54 Å². The molecule has 0 radical (unpaired) electrons. The average molecular weight is 337 g/mol. The summed E-state index contributed by atoms with van der Waals surface area (Å²) >= 11 is 1.61. The van der Waals surface area contributed by atoms with Crippen LogP contribution in [0.15, 0.2) is 33.9 Å². The summed E-state index contributed by atoms with van der Waals surface area (Å²) in [5.74, 6) is 0.315. The molecule has 7 nitrogen and oxygen atoms in total. The fraction of sp³-hybridized carbons (Fsp3) is 0.400. The smallest absolute Gasteiger partial charge is 0.329 e. The molecule has 0 spiro atoms. The van der Waals surface area contributed by atoms with Crippen LogP contribution in [0.5, 0.6) is 0 Å². The van der Waals surface area contributed by atoms with Crippen LogP contribution in [-0.2, 0) is 11.3 Å². The van der Waals surface area contributed by atoms with Gasteiger partial charge in [0.05, 0.1) is 23.6 Å². The topological polar surface area (TPSA) is 104 Å². The third-order valence-electron chi connectivity index (χ3n) is 3.45. The Morgan fingerprint density at radius 3 is 2.83 bits per heavy atom. The number of carbonyl (C=O) groups excluding carboxylic acids is 1. The number of hydrogen-bond acceptors (Lipinski definition) is 5. The van der Waals surface area contributed by atoms with Crippen molar-refractivity contribution in [2.75, 3.05) is 18.6 Å². The van der Waals surface area contributed by atoms with Crippen molar-refractivity contribution in [2.24, 2.45) is 0 Å². The minimum Gasteiger partial charge on any atom is -0.394 e. The zero-order chi connectivity index (χ0) is 16.8. The molecule has 0 saturated heterocycles. The number of hydrogen-bond donors (Lipinski definition) is 3. The number of aliphatic hydroxyl groups is 1. The van der Waals surface area contributed by atoms with E-state index >= 15 is 0 Å². The van der Waals surface area contributed by atoms with Crippen molar-refractivity contribution in [3.05, 3.63) is 45.1 Å². The summed E-state index contributed by atoms with van der Waals surface area (Å²) in [6.45, 7) is -0.565. The minimum absolute atomic E-state index is 0.185. The predicted molar refractivity (Wildman–Crippen MR) is 90.8 cm³/mol. The highest BCUT2D eigenvalue weighted by atomic mass is 32.2. The second-order valence-corrected chi connectivity index (χ2v) is 6.08. The first-order chi connectivity index (χ1) is 11.1. The van der Waals surface area contributed by atoms with E-state index in [4.69, 9.17) is 0 Å². The molecule has 0 fully saturated rings. The number of H-pyrrole nitrogens is 1. The van der Waals surface area contributed by atoms with E-state index < -0.39 is 17.2 Å². The molecule has 2 aromatic rings. The van der Waals surface area contributed by atoms with Crippen LogP contribution in [-0.4, -0.2) is 45.2 Å². The van der Waals surface area contributed by atoms with Crippen molar-refractivity contribution < 1.29 is 9.90 Å². The van der Waals surface area contributed by atoms with Crippen molar-refractivity contribution in [3.8, 4) is 0 Å². The van der Waals surface area contributed by atoms with E-state index in [9.17, 15) is 19.5 Å². The van der Waals surface area contributed by atoms with Crippen molar-refractivity contribution in [2.45, 2.75) is 19.0 Å². The summed E-state index contributed by atoms with van der Waals surface area (Å²) in [5, 5.41) is 12.2. The molecule has 23 heavy (non-hydrogen) atoms. The Morgan fingerprint density at radius 1 is 1.39 bits per heavy atom. The van der Waals surface area contributed by atoms with Gasteiger partial charge < -0.3 is 15.4 Å². The predicted octanol–water partition coefficient (Wildman–Crippen LogP) is -0.0800. The Bertz CT molecular complexity index is 799. The van der Waals surface area contributed by atoms with Gasteiger partial charge in [0.25, 0.3) is 5.56 Å². The van der Waals surface area contributed by atoms with Gasteiger partial charge in [-0.2, -0.15) is 11.8 Å². The largest absolute Gasteiger partial charge is 0.394 e. The molecule has 0 bridgehead atoms. The number of para-hydroxylation sites is 1. The number of rotatable bonds is 7. The molecular formula is C15H19N3O4S. The molecule has 0 saturated carbocycles. The Hall–Kier alpha value is -2.06. The number of nitrogens with one attached hydrogen (secondary N) is 2. The van der Waals surface area contributed by atoms with Crippen LogP contribution in [0.2, 0.25) is 0 Å². The molecule has 0 unspecified atom stereocenters. The summed E-state index contributed by atoms with van der Waals surface area (Å²) in [5.41, 5.74) is -0.704. The van der Waals surface area contributed by atoms with Crippen LogP contribution >= 0.6 is 11.8 Å². The monoisotopic (exact) mass is 337 g/mol. The molecule has 0 aliphatic rings. The van der Waals surface area contributed by atoms with Crippen molar-refractivity contribution in [3.63, 3.8) is 0 Å². The third kappa shape index (κ3) is 4.23. The third-order valence-corrected chi connectivity index (χ3v) is 4.09. The van der Waals surface area contributed by atoms with E-state index in [0.29, 0.717) is 17.3 Å². The van der Waals surface area contributed by atoms with E-state index in [1.165, 1.54) is 0 Å². The van der Waals surface area contributed by atoms with E-state index in [1.54, 1.807) is 36.0 Å². The van der Waals surface area contributed by atoms with Gasteiger partial charge in [-0.1, -0.05) is 12.1 Å². The number of aromatic amines is 1. The molecule has 1 amide bonds. The van der Waals surface area contributed by atoms with Crippen LogP contribution in [0.1, 0.15) is 6.42 Å². The van der Waals surface area contributed by atoms with Gasteiger partial charge in [0.2, 0.25) is 5.91 Å². The zero-order valence-corrected chi connectivity index (χ0v) is 13.6. The summed E-state index contributed by atoms with van der Waals surface area (Å²) in [6, 6.07) is 6.25. The average Bonchev–Trinajstić information content (AvgIpc) is 2.55. The highest BCUT2D eigenvalue weighted by molar-refractivity contribution is 7.98. The zero-order valence-electron chi connectivity index (χ0n) is 12.7. The fourth-order valence-corrected chi connectivity index (χ4v) is 2.75. The van der Waals surface area contributed by atoms with Crippen LogP contribution in [0.25, 0.3) is 10.9 Å². The number of nitrogens with zero attached hydrogens (tertiary/aromatic N) is 1. The molecule has 1 aromatic carbocycles. The Kier molecular flexibility index (Phi) is 6.00. The van der Waals surface area contributed by atoms with Gasteiger partial charge >= 0.3 is 5.69 Å². The van der Waals surface area contributed by atoms with Crippen LogP contribution in [0.3, 0.4) is 0 Å². The molecule has 0 aliphatic carbocycles. The number of fused-ring (bicyclic) bond motifs is 1. The van der Waals surface area contributed by atoms with Crippen LogP contribution < -0.4 is 16.6 Å². The number of aromatic nitrogens is 2. The maximum Gasteiger partial charge on any atom is 0.329 e. The molecule has 1 heterocycles. The lowest BCUT2D eigenvalue weighted by Gasteiger charge is -2.16. The molecule has 3 N–H and O–H groups in total. The molecule has 1 aromatic heterocycles. The second kappa shape index (κ2) is 7.98. The summed E-state index contributed by atoms with van der Waals surface area (Å²) in [4.78, 5) is 38.9. The standard InChI is InChI=1S/C15H19N3O4S/c1-23-7-6-10(9-19)16-13(20)8-18-14(21)11-4-2-3-5-12(11)17-15(18)22/h2-5,10,19H,6-9H2,1H3,(H,16,20)(H,17,22)/t10-/m0/s1. The molecule has 2 rings (SSSR count). The molecule has 0 aliphatic heterocycles. The quantitative estimate of drug-likeness (QED) is 0.655. The molecule has 1 atom stereocenters. The summed E-state index contributed by atoms with van der Waals surface area (Å²) in [7, 11) is 0. The Labute approximate surface area is 136 Å². The highest BCUT2D eigenvalue weighted by Crippen LogP contribution is 2.03. The molecule has 8 heteroatoms. The fourth-order valence-electron chi connectivity index (χ4n) is 2.23.